The Morgan fingerprint density at radius 1 is 1.21 bits per heavy atom. The summed E-state index contributed by atoms with van der Waals surface area (Å²) >= 11 is 0. The molecular formula is C23H32FN3O. The van der Waals surface area contributed by atoms with Crippen LogP contribution in [-0.2, 0) is 11.3 Å². The number of piperidine rings is 1. The van der Waals surface area contributed by atoms with Crippen molar-refractivity contribution < 1.29 is 9.18 Å². The predicted molar refractivity (Wildman–Crippen MR) is 106 cm³/mol. The first-order valence-corrected chi connectivity index (χ1v) is 11.1. The molecule has 28 heavy (non-hydrogen) atoms. The zero-order valence-corrected chi connectivity index (χ0v) is 16.9. The van der Waals surface area contributed by atoms with Gasteiger partial charge >= 0.3 is 0 Å². The average Bonchev–Trinajstić information content (AvgIpc) is 3.08. The number of carbonyl (C=O) groups is 1. The Morgan fingerprint density at radius 3 is 2.57 bits per heavy atom. The van der Waals surface area contributed by atoms with Crippen LogP contribution in [0.3, 0.4) is 0 Å². The van der Waals surface area contributed by atoms with Gasteiger partial charge in [-0.15, -0.1) is 0 Å². The molecular weight excluding hydrogens is 353 g/mol. The van der Waals surface area contributed by atoms with Crippen LogP contribution in [0.5, 0.6) is 0 Å². The summed E-state index contributed by atoms with van der Waals surface area (Å²) in [5.41, 5.74) is 0.782. The number of alkyl halides is 1. The van der Waals surface area contributed by atoms with Crippen LogP contribution in [0, 0.1) is 30.1 Å². The van der Waals surface area contributed by atoms with Crippen molar-refractivity contribution in [2.75, 3.05) is 19.6 Å². The quantitative estimate of drug-likeness (QED) is 0.842. The summed E-state index contributed by atoms with van der Waals surface area (Å²) in [6.45, 7) is 4.08. The van der Waals surface area contributed by atoms with Gasteiger partial charge in [0.15, 0.2) is 0 Å². The number of likely N-dealkylation sites (tertiary alicyclic amines) is 1. The van der Waals surface area contributed by atoms with E-state index in [2.05, 4.69) is 10.3 Å². The van der Waals surface area contributed by atoms with Crippen LogP contribution in [0.2, 0.25) is 0 Å². The molecule has 1 aromatic heterocycles. The third-order valence-electron chi connectivity index (χ3n) is 8.08. The van der Waals surface area contributed by atoms with E-state index in [1.807, 2.05) is 30.2 Å². The van der Waals surface area contributed by atoms with Gasteiger partial charge in [-0.2, -0.15) is 0 Å². The molecule has 4 aliphatic carbocycles. The summed E-state index contributed by atoms with van der Waals surface area (Å²) in [6, 6.07) is 4.01. The molecule has 1 aliphatic heterocycles. The zero-order chi connectivity index (χ0) is 19.4. The van der Waals surface area contributed by atoms with Crippen molar-refractivity contribution >= 4 is 5.91 Å². The largest absolute Gasteiger partial charge is 0.342 e. The van der Waals surface area contributed by atoms with Gasteiger partial charge in [0, 0.05) is 45.2 Å². The third kappa shape index (κ3) is 3.16. The summed E-state index contributed by atoms with van der Waals surface area (Å²) < 4.78 is 15.3. The second-order valence-corrected chi connectivity index (χ2v) is 10.1. The number of aromatic nitrogens is 1. The molecule has 1 N–H and O–H groups in total. The number of pyridine rings is 1. The predicted octanol–water partition coefficient (Wildman–Crippen LogP) is 3.64. The van der Waals surface area contributed by atoms with Crippen molar-refractivity contribution in [3.05, 3.63) is 29.6 Å². The molecule has 4 nitrogen and oxygen atoms in total. The minimum atomic E-state index is -1.22. The van der Waals surface area contributed by atoms with E-state index in [1.54, 1.807) is 0 Å². The first-order valence-electron chi connectivity index (χ1n) is 11.1. The molecule has 5 heteroatoms. The highest BCUT2D eigenvalue weighted by Gasteiger charge is 2.62. The van der Waals surface area contributed by atoms with Gasteiger partial charge in [0.1, 0.15) is 5.67 Å². The van der Waals surface area contributed by atoms with Gasteiger partial charge in [-0.25, -0.2) is 4.39 Å². The van der Waals surface area contributed by atoms with E-state index in [0.717, 1.165) is 35.9 Å². The number of hydrogen-bond donors (Lipinski definition) is 1. The lowest BCUT2D eigenvalue weighted by Gasteiger charge is -2.42. The Labute approximate surface area is 167 Å². The van der Waals surface area contributed by atoms with Crippen molar-refractivity contribution in [3.63, 3.8) is 0 Å². The fourth-order valence-electron chi connectivity index (χ4n) is 6.77. The molecule has 152 valence electrons. The average molecular weight is 386 g/mol. The van der Waals surface area contributed by atoms with Crippen LogP contribution in [-0.4, -0.2) is 41.1 Å². The molecule has 5 fully saturated rings. The smallest absolute Gasteiger partial charge is 0.229 e. The van der Waals surface area contributed by atoms with Crippen LogP contribution < -0.4 is 5.32 Å². The Balaban J connectivity index is 1.14. The van der Waals surface area contributed by atoms with Crippen molar-refractivity contribution in [1.82, 2.24) is 15.2 Å². The van der Waals surface area contributed by atoms with Gasteiger partial charge in [-0.3, -0.25) is 9.78 Å². The van der Waals surface area contributed by atoms with Gasteiger partial charge in [0.25, 0.3) is 0 Å². The van der Waals surface area contributed by atoms with Crippen LogP contribution in [0.25, 0.3) is 0 Å². The number of hydrogen-bond acceptors (Lipinski definition) is 3. The number of nitrogens with one attached hydrogen (secondary N) is 1. The molecule has 0 spiro atoms. The van der Waals surface area contributed by atoms with Crippen LogP contribution >= 0.6 is 0 Å². The van der Waals surface area contributed by atoms with Gasteiger partial charge in [0.05, 0.1) is 11.1 Å². The number of carbonyl (C=O) groups excluding carboxylic acids is 1. The van der Waals surface area contributed by atoms with Gasteiger partial charge in [-0.05, 0) is 68.4 Å². The van der Waals surface area contributed by atoms with Crippen molar-refractivity contribution in [3.8, 4) is 0 Å². The second-order valence-electron chi connectivity index (χ2n) is 10.1. The normalized spacial score (nSPS) is 35.5. The molecule has 2 unspecified atom stereocenters. The Bertz CT molecular complexity index is 727. The van der Waals surface area contributed by atoms with E-state index in [4.69, 9.17) is 0 Å². The highest BCUT2D eigenvalue weighted by molar-refractivity contribution is 5.84. The summed E-state index contributed by atoms with van der Waals surface area (Å²) in [5.74, 6) is 2.54. The molecule has 1 aromatic rings. The van der Waals surface area contributed by atoms with E-state index in [9.17, 15) is 4.79 Å². The SMILES string of the molecule is Cc1ccc(CNCC2(F)CCN(C(=O)C34C[C@@H]5CC3C[C@@H](C5)C4)CC2)nc1. The lowest BCUT2D eigenvalue weighted by Crippen LogP contribution is -2.53. The number of rotatable bonds is 5. The zero-order valence-electron chi connectivity index (χ0n) is 16.9. The number of amides is 1. The summed E-state index contributed by atoms with van der Waals surface area (Å²) in [6.07, 6.45) is 8.82. The Hall–Kier alpha value is -1.49. The summed E-state index contributed by atoms with van der Waals surface area (Å²) in [5, 5.41) is 3.24. The van der Waals surface area contributed by atoms with E-state index >= 15 is 4.39 Å². The van der Waals surface area contributed by atoms with Crippen LogP contribution in [0.15, 0.2) is 18.3 Å². The maximum absolute atomic E-state index is 15.3. The van der Waals surface area contributed by atoms with E-state index < -0.39 is 5.67 Å². The summed E-state index contributed by atoms with van der Waals surface area (Å²) in [7, 11) is 0. The lowest BCUT2D eigenvalue weighted by molar-refractivity contribution is -0.146. The van der Waals surface area contributed by atoms with Gasteiger partial charge in [0.2, 0.25) is 5.91 Å². The van der Waals surface area contributed by atoms with E-state index in [0.29, 0.717) is 50.8 Å². The second kappa shape index (κ2) is 6.79. The van der Waals surface area contributed by atoms with Gasteiger partial charge in [-0.1, -0.05) is 6.07 Å². The van der Waals surface area contributed by atoms with E-state index in [1.165, 1.54) is 19.3 Å². The number of aryl methyl sites for hydroxylation is 1. The topological polar surface area (TPSA) is 45.2 Å². The van der Waals surface area contributed by atoms with E-state index in [-0.39, 0.29) is 5.41 Å². The van der Waals surface area contributed by atoms with Crippen molar-refractivity contribution in [2.24, 2.45) is 23.2 Å². The minimum Gasteiger partial charge on any atom is -0.342 e. The highest BCUT2D eigenvalue weighted by Crippen LogP contribution is 2.66. The summed E-state index contributed by atoms with van der Waals surface area (Å²) in [4.78, 5) is 19.8. The molecule has 4 atom stereocenters. The van der Waals surface area contributed by atoms with Crippen molar-refractivity contribution in [2.45, 2.75) is 64.1 Å². The fraction of sp³-hybridized carbons (Fsp3) is 0.739. The molecule has 1 amide bonds. The molecule has 4 saturated carbocycles. The van der Waals surface area contributed by atoms with Crippen LogP contribution in [0.1, 0.15) is 56.2 Å². The number of nitrogens with zero attached hydrogens (tertiary/aromatic N) is 2. The standard InChI is InChI=1S/C23H32FN3O/c1-16-2-3-20(26-13-16)14-25-15-22(24)4-6-27(7-5-22)21(28)23-11-17-8-18(12-23)10-19(23)9-17/h2-3,13,17-19,25H,4-12,14-15H2,1H3/t17-,18+,19?,23?. The molecule has 5 aliphatic rings. The third-order valence-corrected chi connectivity index (χ3v) is 8.08. The maximum atomic E-state index is 15.3. The first kappa shape index (κ1) is 18.5. The molecule has 1 saturated heterocycles. The van der Waals surface area contributed by atoms with Crippen LogP contribution in [0.4, 0.5) is 4.39 Å². The minimum absolute atomic E-state index is 0.0702. The van der Waals surface area contributed by atoms with Crippen molar-refractivity contribution in [1.29, 1.82) is 0 Å². The molecule has 0 radical (unpaired) electrons. The Kier molecular flexibility index (Phi) is 4.49. The highest BCUT2D eigenvalue weighted by atomic mass is 19.1. The lowest BCUT2D eigenvalue weighted by atomic mass is 9.74. The first-order chi connectivity index (χ1) is 13.5. The molecule has 6 rings (SSSR count). The Morgan fingerprint density at radius 2 is 1.93 bits per heavy atom. The maximum Gasteiger partial charge on any atom is 0.229 e. The molecule has 4 bridgehead atoms. The fourth-order valence-corrected chi connectivity index (χ4v) is 6.77. The molecule has 2 heterocycles. The molecule has 0 aromatic carbocycles. The number of halogens is 1. The monoisotopic (exact) mass is 385 g/mol. The van der Waals surface area contributed by atoms with Gasteiger partial charge < -0.3 is 10.2 Å².